The van der Waals surface area contributed by atoms with Gasteiger partial charge in [-0.3, -0.25) is 4.99 Å². The number of hydrogen-bond acceptors (Lipinski definition) is 5. The molecule has 0 aliphatic carbocycles. The Labute approximate surface area is 96.6 Å². The number of nitrogens with zero attached hydrogens (tertiary/aromatic N) is 1. The first kappa shape index (κ1) is 10.7. The topological polar surface area (TPSA) is 52.8 Å². The Morgan fingerprint density at radius 2 is 2.20 bits per heavy atom. The van der Waals surface area contributed by atoms with Gasteiger partial charge in [0.15, 0.2) is 11.5 Å². The number of aromatic hydroxyl groups is 2. The van der Waals surface area contributed by atoms with E-state index in [1.807, 2.05) is 6.07 Å². The van der Waals surface area contributed by atoms with Gasteiger partial charge in [-0.25, -0.2) is 0 Å². The lowest BCUT2D eigenvalue weighted by Gasteiger charge is -2.05. The van der Waals surface area contributed by atoms with Gasteiger partial charge in [0.25, 0.3) is 0 Å². The lowest BCUT2D eigenvalue weighted by molar-refractivity contribution is 0.400. The Morgan fingerprint density at radius 1 is 1.40 bits per heavy atom. The maximum Gasteiger partial charge on any atom is 0.160 e. The molecule has 0 bridgehead atoms. The number of rotatable bonds is 1. The fourth-order valence-electron chi connectivity index (χ4n) is 1.27. The largest absolute Gasteiger partial charge is 0.504 e. The van der Waals surface area contributed by atoms with Crippen LogP contribution in [0.2, 0.25) is 0 Å². The minimum absolute atomic E-state index is 0.0413. The molecule has 2 rings (SSSR count). The van der Waals surface area contributed by atoms with E-state index in [1.54, 1.807) is 24.8 Å². The Bertz CT molecular complexity index is 395. The highest BCUT2D eigenvalue weighted by Crippen LogP contribution is 2.36. The van der Waals surface area contributed by atoms with Crippen LogP contribution in [-0.2, 0) is 0 Å². The van der Waals surface area contributed by atoms with E-state index in [0.717, 1.165) is 21.6 Å². The number of aliphatic imine (C=N–C) groups is 1. The van der Waals surface area contributed by atoms with Gasteiger partial charge in [0.1, 0.15) is 4.38 Å². The number of hydrogen-bond donors (Lipinski definition) is 2. The van der Waals surface area contributed by atoms with Crippen LogP contribution in [0.5, 0.6) is 11.5 Å². The highest BCUT2D eigenvalue weighted by molar-refractivity contribution is 8.39. The SMILES string of the molecule is Cc1cc(SC2=NCCS2)cc(O)c1O. The van der Waals surface area contributed by atoms with E-state index in [2.05, 4.69) is 4.99 Å². The maximum absolute atomic E-state index is 9.44. The fourth-order valence-corrected chi connectivity index (χ4v) is 3.34. The summed E-state index contributed by atoms with van der Waals surface area (Å²) >= 11 is 3.25. The van der Waals surface area contributed by atoms with Crippen molar-refractivity contribution in [2.75, 3.05) is 12.3 Å². The van der Waals surface area contributed by atoms with Gasteiger partial charge in [-0.05, 0) is 24.6 Å². The molecule has 80 valence electrons. The van der Waals surface area contributed by atoms with E-state index in [-0.39, 0.29) is 11.5 Å². The van der Waals surface area contributed by atoms with Crippen molar-refractivity contribution < 1.29 is 10.2 Å². The van der Waals surface area contributed by atoms with Crippen molar-refractivity contribution in [3.05, 3.63) is 17.7 Å². The maximum atomic E-state index is 9.44. The van der Waals surface area contributed by atoms with Crippen LogP contribution in [0.25, 0.3) is 0 Å². The molecule has 2 N–H and O–H groups in total. The third kappa shape index (κ3) is 2.41. The third-order valence-electron chi connectivity index (χ3n) is 2.02. The van der Waals surface area contributed by atoms with Gasteiger partial charge in [0, 0.05) is 10.6 Å². The molecule has 0 radical (unpaired) electrons. The zero-order chi connectivity index (χ0) is 10.8. The fraction of sp³-hybridized carbons (Fsp3) is 0.300. The van der Waals surface area contributed by atoms with Gasteiger partial charge in [0.05, 0.1) is 6.54 Å². The van der Waals surface area contributed by atoms with Crippen molar-refractivity contribution >= 4 is 27.9 Å². The zero-order valence-electron chi connectivity index (χ0n) is 8.23. The summed E-state index contributed by atoms with van der Waals surface area (Å²) in [5.41, 5.74) is 0.682. The first-order valence-corrected chi connectivity index (χ1v) is 6.34. The normalized spacial score (nSPS) is 15.4. The monoisotopic (exact) mass is 241 g/mol. The van der Waals surface area contributed by atoms with E-state index < -0.39 is 0 Å². The number of aryl methyl sites for hydroxylation is 1. The Kier molecular flexibility index (Phi) is 3.11. The second kappa shape index (κ2) is 4.37. The summed E-state index contributed by atoms with van der Waals surface area (Å²) in [6, 6.07) is 3.41. The number of phenols is 2. The molecule has 1 aromatic carbocycles. The minimum Gasteiger partial charge on any atom is -0.504 e. The van der Waals surface area contributed by atoms with Crippen molar-refractivity contribution in [1.82, 2.24) is 0 Å². The number of phenolic OH excluding ortho intramolecular Hbond substituents is 2. The van der Waals surface area contributed by atoms with Gasteiger partial charge in [-0.15, -0.1) is 0 Å². The Hall–Kier alpha value is -0.810. The van der Waals surface area contributed by atoms with Crippen molar-refractivity contribution in [2.45, 2.75) is 11.8 Å². The molecule has 0 aromatic heterocycles. The summed E-state index contributed by atoms with van der Waals surface area (Å²) in [7, 11) is 0. The smallest absolute Gasteiger partial charge is 0.160 e. The van der Waals surface area contributed by atoms with Crippen LogP contribution in [0.4, 0.5) is 0 Å². The lowest BCUT2D eigenvalue weighted by Crippen LogP contribution is -1.83. The van der Waals surface area contributed by atoms with Crippen molar-refractivity contribution in [2.24, 2.45) is 4.99 Å². The molecular formula is C10H11NO2S2. The molecule has 0 unspecified atom stereocenters. The third-order valence-corrected chi connectivity index (χ3v) is 4.16. The van der Waals surface area contributed by atoms with Gasteiger partial charge >= 0.3 is 0 Å². The van der Waals surface area contributed by atoms with Crippen molar-refractivity contribution in [3.63, 3.8) is 0 Å². The van der Waals surface area contributed by atoms with E-state index in [1.165, 1.54) is 11.8 Å². The molecule has 0 saturated heterocycles. The van der Waals surface area contributed by atoms with Gasteiger partial charge in [0.2, 0.25) is 0 Å². The first-order valence-electron chi connectivity index (χ1n) is 4.54. The molecule has 5 heteroatoms. The summed E-state index contributed by atoms with van der Waals surface area (Å²) in [5, 5.41) is 18.8. The van der Waals surface area contributed by atoms with Gasteiger partial charge in [-0.1, -0.05) is 23.5 Å². The summed E-state index contributed by atoms with van der Waals surface area (Å²) in [5.74, 6) is 0.923. The molecule has 1 heterocycles. The van der Waals surface area contributed by atoms with Crippen molar-refractivity contribution in [1.29, 1.82) is 0 Å². The highest BCUT2D eigenvalue weighted by atomic mass is 32.2. The first-order chi connectivity index (χ1) is 7.16. The molecule has 0 amide bonds. The van der Waals surface area contributed by atoms with E-state index in [0.29, 0.717) is 5.56 Å². The summed E-state index contributed by atoms with van der Waals surface area (Å²) in [4.78, 5) is 5.22. The summed E-state index contributed by atoms with van der Waals surface area (Å²) < 4.78 is 1.03. The molecule has 0 atom stereocenters. The number of thioether (sulfide) groups is 2. The van der Waals surface area contributed by atoms with Crippen LogP contribution in [0, 0.1) is 6.92 Å². The van der Waals surface area contributed by atoms with Crippen LogP contribution in [-0.4, -0.2) is 26.9 Å². The molecule has 0 spiro atoms. The van der Waals surface area contributed by atoms with Crippen molar-refractivity contribution in [3.8, 4) is 11.5 Å². The molecule has 15 heavy (non-hydrogen) atoms. The molecule has 0 saturated carbocycles. The second-order valence-electron chi connectivity index (χ2n) is 3.21. The van der Waals surface area contributed by atoms with Crippen LogP contribution in [0.15, 0.2) is 22.0 Å². The van der Waals surface area contributed by atoms with Gasteiger partial charge < -0.3 is 10.2 Å². The Morgan fingerprint density at radius 3 is 2.80 bits per heavy atom. The standard InChI is InChI=1S/C10H11NO2S2/c1-6-4-7(5-8(12)9(6)13)15-10-11-2-3-14-10/h4-5,12-13H,2-3H2,1H3. The molecule has 0 fully saturated rings. The molecule has 1 aliphatic rings. The number of benzene rings is 1. The molecule has 1 aromatic rings. The predicted molar refractivity (Wildman–Crippen MR) is 65.1 cm³/mol. The molecule has 1 aliphatic heterocycles. The lowest BCUT2D eigenvalue weighted by atomic mass is 10.2. The average Bonchev–Trinajstić information content (AvgIpc) is 2.66. The summed E-state index contributed by atoms with van der Waals surface area (Å²) in [6.07, 6.45) is 0. The van der Waals surface area contributed by atoms with Gasteiger partial charge in [-0.2, -0.15) is 0 Å². The van der Waals surface area contributed by atoms with Crippen LogP contribution in [0.3, 0.4) is 0 Å². The van der Waals surface area contributed by atoms with Crippen LogP contribution < -0.4 is 0 Å². The second-order valence-corrected chi connectivity index (χ2v) is 5.61. The molecule has 3 nitrogen and oxygen atoms in total. The van der Waals surface area contributed by atoms with Crippen LogP contribution in [0.1, 0.15) is 5.56 Å². The summed E-state index contributed by atoms with van der Waals surface area (Å²) in [6.45, 7) is 2.64. The van der Waals surface area contributed by atoms with E-state index >= 15 is 0 Å². The zero-order valence-corrected chi connectivity index (χ0v) is 9.86. The molecular weight excluding hydrogens is 230 g/mol. The highest BCUT2D eigenvalue weighted by Gasteiger charge is 2.11. The minimum atomic E-state index is -0.0684. The van der Waals surface area contributed by atoms with E-state index in [4.69, 9.17) is 0 Å². The quantitative estimate of drug-likeness (QED) is 0.742. The van der Waals surface area contributed by atoms with E-state index in [9.17, 15) is 10.2 Å². The average molecular weight is 241 g/mol. The Balaban J connectivity index is 2.22. The van der Waals surface area contributed by atoms with Crippen LogP contribution >= 0.6 is 23.5 Å². The predicted octanol–water partition coefficient (Wildman–Crippen LogP) is 2.60.